The van der Waals surface area contributed by atoms with Gasteiger partial charge in [0.1, 0.15) is 6.54 Å². The van der Waals surface area contributed by atoms with Crippen molar-refractivity contribution in [2.45, 2.75) is 0 Å². The maximum absolute atomic E-state index is 12.4. The molecule has 0 aromatic heterocycles. The van der Waals surface area contributed by atoms with Crippen LogP contribution < -0.4 is 15.0 Å². The molecule has 136 valence electrons. The molecular formula is C19H16N4O3S. The Morgan fingerprint density at radius 2 is 1.89 bits per heavy atom. The number of esters is 1. The van der Waals surface area contributed by atoms with Gasteiger partial charge in [-0.3, -0.25) is 4.79 Å². The van der Waals surface area contributed by atoms with Gasteiger partial charge in [-0.25, -0.2) is 4.79 Å². The predicted molar refractivity (Wildman–Crippen MR) is 105 cm³/mol. The summed E-state index contributed by atoms with van der Waals surface area (Å²) >= 11 is 1.42. The normalized spacial score (nSPS) is 16.0. The molecule has 8 heteroatoms. The topological polar surface area (TPSA) is 83.4 Å². The number of carbonyl (C=O) groups is 2. The number of nitrogens with zero attached hydrogens (tertiary/aromatic N) is 3. The van der Waals surface area contributed by atoms with E-state index < -0.39 is 0 Å². The van der Waals surface area contributed by atoms with Crippen molar-refractivity contribution in [3.8, 4) is 5.75 Å². The minimum absolute atomic E-state index is 0.0281. The highest BCUT2D eigenvalue weighted by atomic mass is 32.2. The fourth-order valence-electron chi connectivity index (χ4n) is 2.81. The van der Waals surface area contributed by atoms with Crippen LogP contribution in [0.5, 0.6) is 5.75 Å². The highest BCUT2D eigenvalue weighted by molar-refractivity contribution is 8.14. The van der Waals surface area contributed by atoms with Crippen LogP contribution in [0.2, 0.25) is 0 Å². The summed E-state index contributed by atoms with van der Waals surface area (Å²) in [6, 6.07) is 16.9. The summed E-state index contributed by atoms with van der Waals surface area (Å²) in [6.45, 7) is 0.0569. The lowest BCUT2D eigenvalue weighted by atomic mass is 10.1. The molecule has 4 rings (SSSR count). The molecule has 2 aromatic rings. The fraction of sp³-hybridized carbons (Fsp3) is 0.158. The summed E-state index contributed by atoms with van der Waals surface area (Å²) in [6.07, 6.45) is 0. The Balaban J connectivity index is 1.41. The number of carbonyl (C=O) groups excluding carboxylic acids is 2. The monoisotopic (exact) mass is 380 g/mol. The van der Waals surface area contributed by atoms with Crippen molar-refractivity contribution in [2.75, 3.05) is 23.7 Å². The van der Waals surface area contributed by atoms with Crippen LogP contribution in [-0.4, -0.2) is 41.6 Å². The smallest absolute Gasteiger partial charge is 0.331 e. The molecule has 0 radical (unpaired) electrons. The summed E-state index contributed by atoms with van der Waals surface area (Å²) < 4.78 is 5.19. The van der Waals surface area contributed by atoms with Crippen molar-refractivity contribution >= 4 is 40.2 Å². The molecule has 0 fully saturated rings. The molecule has 27 heavy (non-hydrogen) atoms. The van der Waals surface area contributed by atoms with E-state index in [9.17, 15) is 9.59 Å². The number of anilines is 1. The zero-order valence-electron chi connectivity index (χ0n) is 14.3. The van der Waals surface area contributed by atoms with E-state index in [4.69, 9.17) is 4.74 Å². The van der Waals surface area contributed by atoms with Crippen molar-refractivity contribution in [1.82, 2.24) is 5.32 Å². The molecule has 0 atom stereocenters. The van der Waals surface area contributed by atoms with Crippen LogP contribution in [0.4, 0.5) is 5.69 Å². The van der Waals surface area contributed by atoms with E-state index in [1.807, 2.05) is 42.5 Å². The second-order valence-electron chi connectivity index (χ2n) is 5.95. The molecule has 7 nitrogen and oxygen atoms in total. The molecule has 2 aliphatic rings. The lowest BCUT2D eigenvalue weighted by Gasteiger charge is -2.29. The number of hydrogen-bond donors (Lipinski definition) is 1. The second kappa shape index (κ2) is 7.63. The summed E-state index contributed by atoms with van der Waals surface area (Å²) in [7, 11) is 0. The molecule has 2 heterocycles. The maximum Gasteiger partial charge on any atom is 0.331 e. The summed E-state index contributed by atoms with van der Waals surface area (Å²) in [5.74, 6) is 0.442. The van der Waals surface area contributed by atoms with E-state index in [1.54, 1.807) is 17.0 Å². The number of nitrogens with one attached hydrogen (secondary N) is 1. The molecule has 2 aliphatic heterocycles. The minimum atomic E-state index is -0.386. The first-order valence-electron chi connectivity index (χ1n) is 8.36. The zero-order valence-corrected chi connectivity index (χ0v) is 15.1. The average Bonchev–Trinajstić information content (AvgIpc) is 2.69. The van der Waals surface area contributed by atoms with Gasteiger partial charge in [0.2, 0.25) is 5.91 Å². The van der Waals surface area contributed by atoms with E-state index in [-0.39, 0.29) is 25.0 Å². The van der Waals surface area contributed by atoms with Crippen LogP contribution in [0.25, 0.3) is 0 Å². The Morgan fingerprint density at radius 3 is 2.67 bits per heavy atom. The Morgan fingerprint density at radius 1 is 1.11 bits per heavy atom. The second-order valence-corrected chi connectivity index (χ2v) is 6.92. The number of benzene rings is 2. The van der Waals surface area contributed by atoms with Gasteiger partial charge in [0.25, 0.3) is 0 Å². The number of hydrogen-bond acceptors (Lipinski definition) is 7. The number of rotatable bonds is 3. The highest BCUT2D eigenvalue weighted by Crippen LogP contribution is 2.31. The number of ether oxygens (including phenoxy) is 1. The summed E-state index contributed by atoms with van der Waals surface area (Å²) in [4.78, 5) is 25.8. The molecule has 2 aromatic carbocycles. The SMILES string of the molecule is O=C(CN1CC(=O)Oc2ccccc21)NC1=NN=C(c2ccccc2)CS1. The van der Waals surface area contributed by atoms with Gasteiger partial charge in [0, 0.05) is 5.75 Å². The Kier molecular flexibility index (Phi) is 4.88. The quantitative estimate of drug-likeness (QED) is 0.651. The number of amides is 1. The molecular weight excluding hydrogens is 364 g/mol. The maximum atomic E-state index is 12.4. The largest absolute Gasteiger partial charge is 0.423 e. The van der Waals surface area contributed by atoms with Crippen LogP contribution in [0.15, 0.2) is 64.8 Å². The van der Waals surface area contributed by atoms with Gasteiger partial charge < -0.3 is 15.0 Å². The standard InChI is InChI=1S/C19H16N4O3S/c24-17(10-23-11-18(25)26-16-9-5-4-8-15(16)23)20-19-22-21-14(12-27-19)13-6-2-1-3-7-13/h1-9H,10-12H2,(H,20,22,24). The van der Waals surface area contributed by atoms with Gasteiger partial charge in [-0.2, -0.15) is 5.10 Å². The number of para-hydroxylation sites is 2. The Bertz CT molecular complexity index is 943. The fourth-order valence-corrected chi connectivity index (χ4v) is 3.59. The third-order valence-electron chi connectivity index (χ3n) is 4.04. The molecule has 1 N–H and O–H groups in total. The first kappa shape index (κ1) is 17.3. The predicted octanol–water partition coefficient (Wildman–Crippen LogP) is 2.04. The van der Waals surface area contributed by atoms with E-state index >= 15 is 0 Å². The van der Waals surface area contributed by atoms with Crippen molar-refractivity contribution in [1.29, 1.82) is 0 Å². The first-order valence-corrected chi connectivity index (χ1v) is 9.35. The lowest BCUT2D eigenvalue weighted by Crippen LogP contribution is -2.44. The van der Waals surface area contributed by atoms with Crippen molar-refractivity contribution in [3.63, 3.8) is 0 Å². The minimum Gasteiger partial charge on any atom is -0.423 e. The van der Waals surface area contributed by atoms with Gasteiger partial charge >= 0.3 is 5.97 Å². The van der Waals surface area contributed by atoms with Gasteiger partial charge in [-0.05, 0) is 17.7 Å². The zero-order chi connectivity index (χ0) is 18.6. The van der Waals surface area contributed by atoms with E-state index in [1.165, 1.54) is 11.8 Å². The summed E-state index contributed by atoms with van der Waals surface area (Å²) in [5.41, 5.74) is 2.60. The average molecular weight is 380 g/mol. The third kappa shape index (κ3) is 4.01. The molecule has 0 bridgehead atoms. The van der Waals surface area contributed by atoms with Crippen LogP contribution in [0.3, 0.4) is 0 Å². The summed E-state index contributed by atoms with van der Waals surface area (Å²) in [5, 5.41) is 11.5. The molecule has 0 saturated heterocycles. The van der Waals surface area contributed by atoms with Crippen molar-refractivity contribution in [3.05, 3.63) is 60.2 Å². The molecule has 0 saturated carbocycles. The van der Waals surface area contributed by atoms with Crippen molar-refractivity contribution in [2.24, 2.45) is 10.2 Å². The van der Waals surface area contributed by atoms with Crippen LogP contribution in [0.1, 0.15) is 5.56 Å². The molecule has 0 unspecified atom stereocenters. The number of amidine groups is 1. The molecule has 0 aliphatic carbocycles. The van der Waals surface area contributed by atoms with E-state index in [2.05, 4.69) is 15.5 Å². The van der Waals surface area contributed by atoms with Gasteiger partial charge in [-0.1, -0.05) is 54.2 Å². The number of fused-ring (bicyclic) bond motifs is 1. The number of thioether (sulfide) groups is 1. The van der Waals surface area contributed by atoms with Crippen molar-refractivity contribution < 1.29 is 14.3 Å². The molecule has 1 amide bonds. The van der Waals surface area contributed by atoms with Gasteiger partial charge in [-0.15, -0.1) is 5.10 Å². The van der Waals surface area contributed by atoms with Crippen LogP contribution in [0, 0.1) is 0 Å². The highest BCUT2D eigenvalue weighted by Gasteiger charge is 2.26. The third-order valence-corrected chi connectivity index (χ3v) is 4.92. The van der Waals surface area contributed by atoms with Crippen LogP contribution in [-0.2, 0) is 9.59 Å². The lowest BCUT2D eigenvalue weighted by molar-refractivity contribution is -0.133. The van der Waals surface area contributed by atoms with Gasteiger partial charge in [0.05, 0.1) is 17.9 Å². The Labute approximate surface area is 160 Å². The van der Waals surface area contributed by atoms with Gasteiger partial charge in [0.15, 0.2) is 10.9 Å². The van der Waals surface area contributed by atoms with E-state index in [0.29, 0.717) is 16.7 Å². The van der Waals surface area contributed by atoms with E-state index in [0.717, 1.165) is 17.0 Å². The first-order chi connectivity index (χ1) is 13.2. The Hall–Kier alpha value is -3.13. The molecule has 0 spiro atoms. The van der Waals surface area contributed by atoms with Crippen LogP contribution >= 0.6 is 11.8 Å².